The van der Waals surface area contributed by atoms with Crippen LogP contribution < -0.4 is 0 Å². The molecule has 0 radical (unpaired) electrons. The maximum absolute atomic E-state index is 13.2. The highest BCUT2D eigenvalue weighted by molar-refractivity contribution is 5.93. The number of rotatable bonds is 4. The molecule has 0 N–H and O–H groups in total. The Morgan fingerprint density at radius 1 is 1.27 bits per heavy atom. The molecule has 1 amide bonds. The average Bonchev–Trinajstić information content (AvgIpc) is 3.26. The summed E-state index contributed by atoms with van der Waals surface area (Å²) in [6.07, 6.45) is 9.98. The standard InChI is InChI=1S/C20H25N5O/c1-15-6-5-8-19-22-18(14-25(15)19)20(26)24-11-4-3-7-17(24)9-12-23-13-10-21-16(23)2/h5-6,8,10,13-14,17H,3-4,7,9,11-12H2,1-2H3/t17-/m1/s1. The van der Waals surface area contributed by atoms with Crippen LogP contribution in [0.15, 0.2) is 36.8 Å². The van der Waals surface area contributed by atoms with Gasteiger partial charge < -0.3 is 13.9 Å². The summed E-state index contributed by atoms with van der Waals surface area (Å²) in [6.45, 7) is 5.76. The molecule has 0 aliphatic carbocycles. The van der Waals surface area contributed by atoms with Gasteiger partial charge in [0.2, 0.25) is 0 Å². The second kappa shape index (κ2) is 6.94. The number of pyridine rings is 1. The van der Waals surface area contributed by atoms with Crippen molar-refractivity contribution in [1.29, 1.82) is 0 Å². The molecule has 1 aliphatic heterocycles. The third-order valence-corrected chi connectivity index (χ3v) is 5.43. The molecule has 3 aromatic heterocycles. The SMILES string of the molecule is Cc1nccn1CC[C@H]1CCCCN1C(=O)c1cn2c(C)cccc2n1. The quantitative estimate of drug-likeness (QED) is 0.725. The van der Waals surface area contributed by atoms with E-state index in [2.05, 4.69) is 14.5 Å². The van der Waals surface area contributed by atoms with Gasteiger partial charge in [-0.05, 0) is 51.7 Å². The summed E-state index contributed by atoms with van der Waals surface area (Å²) in [6, 6.07) is 6.21. The maximum Gasteiger partial charge on any atom is 0.274 e. The zero-order chi connectivity index (χ0) is 18.1. The fourth-order valence-electron chi connectivity index (χ4n) is 3.89. The Balaban J connectivity index is 1.53. The number of fused-ring (bicyclic) bond motifs is 1. The van der Waals surface area contributed by atoms with Crippen LogP contribution in [-0.2, 0) is 6.54 Å². The predicted octanol–water partition coefficient (Wildman–Crippen LogP) is 3.23. The molecule has 1 saturated heterocycles. The van der Waals surface area contributed by atoms with E-state index in [9.17, 15) is 4.79 Å². The van der Waals surface area contributed by atoms with Crippen molar-refractivity contribution in [2.24, 2.45) is 0 Å². The first-order valence-electron chi connectivity index (χ1n) is 9.37. The largest absolute Gasteiger partial charge is 0.335 e. The van der Waals surface area contributed by atoms with E-state index in [1.165, 1.54) is 6.42 Å². The Bertz CT molecular complexity index is 925. The normalized spacial score (nSPS) is 17.8. The third kappa shape index (κ3) is 3.11. The number of hydrogen-bond acceptors (Lipinski definition) is 3. The van der Waals surface area contributed by atoms with Crippen molar-refractivity contribution in [1.82, 2.24) is 23.8 Å². The van der Waals surface area contributed by atoms with Crippen LogP contribution in [0.4, 0.5) is 0 Å². The van der Waals surface area contributed by atoms with Gasteiger partial charge in [-0.25, -0.2) is 9.97 Å². The van der Waals surface area contributed by atoms with Crippen LogP contribution in [0.25, 0.3) is 5.65 Å². The molecule has 136 valence electrons. The Hall–Kier alpha value is -2.63. The van der Waals surface area contributed by atoms with Crippen LogP contribution >= 0.6 is 0 Å². The van der Waals surface area contributed by atoms with Crippen molar-refractivity contribution in [2.45, 2.75) is 52.1 Å². The molecule has 0 unspecified atom stereocenters. The first kappa shape index (κ1) is 16.8. The van der Waals surface area contributed by atoms with E-state index in [1.807, 2.05) is 59.9 Å². The molecule has 0 spiro atoms. The molecule has 4 rings (SSSR count). The number of aromatic nitrogens is 4. The van der Waals surface area contributed by atoms with Crippen molar-refractivity contribution >= 4 is 11.6 Å². The van der Waals surface area contributed by atoms with Gasteiger partial charge in [-0.1, -0.05) is 6.07 Å². The minimum atomic E-state index is 0.0557. The van der Waals surface area contributed by atoms with E-state index in [0.29, 0.717) is 5.69 Å². The predicted molar refractivity (Wildman–Crippen MR) is 100 cm³/mol. The second-order valence-electron chi connectivity index (χ2n) is 7.13. The van der Waals surface area contributed by atoms with Gasteiger partial charge in [0.25, 0.3) is 5.91 Å². The van der Waals surface area contributed by atoms with Gasteiger partial charge in [-0.15, -0.1) is 0 Å². The molecule has 4 heterocycles. The fraction of sp³-hybridized carbons (Fsp3) is 0.450. The van der Waals surface area contributed by atoms with Crippen LogP contribution in [-0.4, -0.2) is 42.3 Å². The Morgan fingerprint density at radius 3 is 2.92 bits per heavy atom. The second-order valence-corrected chi connectivity index (χ2v) is 7.13. The molecule has 0 bridgehead atoms. The molecule has 0 saturated carbocycles. The zero-order valence-corrected chi connectivity index (χ0v) is 15.4. The van der Waals surface area contributed by atoms with E-state index in [4.69, 9.17) is 0 Å². The number of hydrogen-bond donors (Lipinski definition) is 0. The van der Waals surface area contributed by atoms with Crippen molar-refractivity contribution in [3.05, 3.63) is 54.0 Å². The topological polar surface area (TPSA) is 55.4 Å². The first-order valence-corrected chi connectivity index (χ1v) is 9.37. The molecule has 6 nitrogen and oxygen atoms in total. The van der Waals surface area contributed by atoms with Crippen molar-refractivity contribution in [2.75, 3.05) is 6.54 Å². The lowest BCUT2D eigenvalue weighted by Gasteiger charge is -2.35. The summed E-state index contributed by atoms with van der Waals surface area (Å²) >= 11 is 0. The van der Waals surface area contributed by atoms with Crippen molar-refractivity contribution in [3.63, 3.8) is 0 Å². The molecular formula is C20H25N5O. The molecule has 6 heteroatoms. The number of likely N-dealkylation sites (tertiary alicyclic amines) is 1. The molecule has 1 fully saturated rings. The average molecular weight is 351 g/mol. The number of carbonyl (C=O) groups excluding carboxylic acids is 1. The summed E-state index contributed by atoms with van der Waals surface area (Å²) in [7, 11) is 0. The Labute approximate surface area is 153 Å². The van der Waals surface area contributed by atoms with Gasteiger partial charge in [-0.3, -0.25) is 4.79 Å². The van der Waals surface area contributed by atoms with Crippen molar-refractivity contribution in [3.8, 4) is 0 Å². The van der Waals surface area contributed by atoms with Crippen LogP contribution in [0.2, 0.25) is 0 Å². The highest BCUT2D eigenvalue weighted by Gasteiger charge is 2.28. The van der Waals surface area contributed by atoms with E-state index < -0.39 is 0 Å². The van der Waals surface area contributed by atoms with Crippen LogP contribution in [0.5, 0.6) is 0 Å². The zero-order valence-electron chi connectivity index (χ0n) is 15.4. The number of nitrogens with zero attached hydrogens (tertiary/aromatic N) is 5. The van der Waals surface area contributed by atoms with Crippen molar-refractivity contribution < 1.29 is 4.79 Å². The minimum Gasteiger partial charge on any atom is -0.335 e. The number of carbonyl (C=O) groups is 1. The lowest BCUT2D eigenvalue weighted by atomic mass is 9.99. The summed E-state index contributed by atoms with van der Waals surface area (Å²) in [5.74, 6) is 1.08. The van der Waals surface area contributed by atoms with E-state index >= 15 is 0 Å². The number of aryl methyl sites for hydroxylation is 3. The summed E-state index contributed by atoms with van der Waals surface area (Å²) in [4.78, 5) is 24.0. The maximum atomic E-state index is 13.2. The van der Waals surface area contributed by atoms with Crippen LogP contribution in [0.1, 0.15) is 47.7 Å². The molecule has 3 aromatic rings. The Morgan fingerprint density at radius 2 is 2.15 bits per heavy atom. The van der Waals surface area contributed by atoms with Gasteiger partial charge in [0.15, 0.2) is 0 Å². The van der Waals surface area contributed by atoms with E-state index in [0.717, 1.165) is 49.5 Å². The van der Waals surface area contributed by atoms with Crippen LogP contribution in [0.3, 0.4) is 0 Å². The lowest BCUT2D eigenvalue weighted by Crippen LogP contribution is -2.44. The molecule has 0 aromatic carbocycles. The molecule has 26 heavy (non-hydrogen) atoms. The third-order valence-electron chi connectivity index (χ3n) is 5.43. The number of amides is 1. The van der Waals surface area contributed by atoms with Crippen LogP contribution in [0, 0.1) is 13.8 Å². The number of imidazole rings is 2. The summed E-state index contributed by atoms with van der Waals surface area (Å²) < 4.78 is 4.15. The highest BCUT2D eigenvalue weighted by atomic mass is 16.2. The van der Waals surface area contributed by atoms with Gasteiger partial charge in [-0.2, -0.15) is 0 Å². The first-order chi connectivity index (χ1) is 12.6. The van der Waals surface area contributed by atoms with E-state index in [1.54, 1.807) is 0 Å². The lowest BCUT2D eigenvalue weighted by molar-refractivity contribution is 0.0590. The van der Waals surface area contributed by atoms with Gasteiger partial charge in [0, 0.05) is 43.4 Å². The molecular weight excluding hydrogens is 326 g/mol. The Kier molecular flexibility index (Phi) is 4.49. The van der Waals surface area contributed by atoms with Gasteiger partial charge >= 0.3 is 0 Å². The minimum absolute atomic E-state index is 0.0557. The molecule has 1 atom stereocenters. The number of piperidine rings is 1. The fourth-order valence-corrected chi connectivity index (χ4v) is 3.89. The van der Waals surface area contributed by atoms with Gasteiger partial charge in [0.05, 0.1) is 0 Å². The summed E-state index contributed by atoms with van der Waals surface area (Å²) in [5, 5.41) is 0. The molecule has 1 aliphatic rings. The van der Waals surface area contributed by atoms with E-state index in [-0.39, 0.29) is 11.9 Å². The monoisotopic (exact) mass is 351 g/mol. The smallest absolute Gasteiger partial charge is 0.274 e. The van der Waals surface area contributed by atoms with Gasteiger partial charge in [0.1, 0.15) is 17.2 Å². The highest BCUT2D eigenvalue weighted by Crippen LogP contribution is 2.23. The summed E-state index contributed by atoms with van der Waals surface area (Å²) in [5.41, 5.74) is 2.46.